The molecule has 94 valence electrons. The van der Waals surface area contributed by atoms with E-state index in [0.717, 1.165) is 5.56 Å². The van der Waals surface area contributed by atoms with Gasteiger partial charge in [0.25, 0.3) is 5.91 Å². The molecule has 0 heterocycles. The van der Waals surface area contributed by atoms with Gasteiger partial charge in [-0.2, -0.15) is 0 Å². The van der Waals surface area contributed by atoms with Crippen LogP contribution in [-0.2, 0) is 5.88 Å². The number of nitrogens with one attached hydrogen (secondary N) is 1. The molecule has 1 unspecified atom stereocenters. The Morgan fingerprint density at radius 2 is 1.94 bits per heavy atom. The molecule has 0 radical (unpaired) electrons. The molecule has 2 N–H and O–H groups in total. The number of amides is 1. The standard InChI is InChI=1S/C13H18ClNO2/c1-9(2)12(8-16)15-13(17)11-5-3-10(7-14)4-6-11/h3-6,9,12,16H,7-8H2,1-2H3,(H,15,17). The van der Waals surface area contributed by atoms with E-state index in [0.29, 0.717) is 11.4 Å². The summed E-state index contributed by atoms with van der Waals surface area (Å²) in [6.45, 7) is 3.86. The highest BCUT2D eigenvalue weighted by Gasteiger charge is 2.15. The van der Waals surface area contributed by atoms with Gasteiger partial charge in [0.05, 0.1) is 12.6 Å². The molecule has 0 aliphatic heterocycles. The second-order valence-electron chi connectivity index (χ2n) is 4.34. The van der Waals surface area contributed by atoms with E-state index in [1.165, 1.54) is 0 Å². The van der Waals surface area contributed by atoms with Crippen molar-refractivity contribution in [1.82, 2.24) is 5.32 Å². The lowest BCUT2D eigenvalue weighted by Gasteiger charge is -2.19. The van der Waals surface area contributed by atoms with Gasteiger partial charge in [-0.15, -0.1) is 11.6 Å². The highest BCUT2D eigenvalue weighted by molar-refractivity contribution is 6.17. The third-order valence-corrected chi connectivity index (χ3v) is 3.00. The Morgan fingerprint density at radius 3 is 2.35 bits per heavy atom. The summed E-state index contributed by atoms with van der Waals surface area (Å²) in [5, 5.41) is 11.9. The molecule has 0 spiro atoms. The average molecular weight is 256 g/mol. The lowest BCUT2D eigenvalue weighted by molar-refractivity contribution is 0.0897. The molecule has 0 saturated heterocycles. The molecule has 0 fully saturated rings. The molecule has 0 aliphatic rings. The summed E-state index contributed by atoms with van der Waals surface area (Å²) < 4.78 is 0. The molecule has 1 rings (SSSR count). The van der Waals surface area contributed by atoms with E-state index in [2.05, 4.69) is 5.32 Å². The highest BCUT2D eigenvalue weighted by Crippen LogP contribution is 2.08. The predicted molar refractivity (Wildman–Crippen MR) is 69.2 cm³/mol. The quantitative estimate of drug-likeness (QED) is 0.793. The number of aliphatic hydroxyl groups excluding tert-OH is 1. The SMILES string of the molecule is CC(C)C(CO)NC(=O)c1ccc(CCl)cc1. The second-order valence-corrected chi connectivity index (χ2v) is 4.60. The Hall–Kier alpha value is -1.06. The van der Waals surface area contributed by atoms with E-state index in [9.17, 15) is 4.79 Å². The molecule has 0 aromatic heterocycles. The maximum atomic E-state index is 11.9. The molecular weight excluding hydrogens is 238 g/mol. The zero-order valence-electron chi connectivity index (χ0n) is 10.1. The van der Waals surface area contributed by atoms with Gasteiger partial charge in [0.15, 0.2) is 0 Å². The van der Waals surface area contributed by atoms with Crippen molar-refractivity contribution in [2.75, 3.05) is 6.61 Å². The van der Waals surface area contributed by atoms with Gasteiger partial charge in [-0.1, -0.05) is 26.0 Å². The van der Waals surface area contributed by atoms with E-state index in [4.69, 9.17) is 16.7 Å². The molecule has 4 heteroatoms. The first-order valence-corrected chi connectivity index (χ1v) is 6.18. The van der Waals surface area contributed by atoms with Crippen molar-refractivity contribution in [2.24, 2.45) is 5.92 Å². The van der Waals surface area contributed by atoms with Gasteiger partial charge < -0.3 is 10.4 Å². The van der Waals surface area contributed by atoms with E-state index >= 15 is 0 Å². The van der Waals surface area contributed by atoms with Crippen molar-refractivity contribution in [3.05, 3.63) is 35.4 Å². The van der Waals surface area contributed by atoms with Crippen LogP contribution in [0.5, 0.6) is 0 Å². The first-order chi connectivity index (χ1) is 8.08. The van der Waals surface area contributed by atoms with Crippen LogP contribution < -0.4 is 5.32 Å². The van der Waals surface area contributed by atoms with Crippen LogP contribution in [0.4, 0.5) is 0 Å². The van der Waals surface area contributed by atoms with Gasteiger partial charge in [-0.25, -0.2) is 0 Å². The van der Waals surface area contributed by atoms with Crippen LogP contribution in [0.15, 0.2) is 24.3 Å². The normalized spacial score (nSPS) is 12.5. The summed E-state index contributed by atoms with van der Waals surface area (Å²) in [4.78, 5) is 11.9. The molecule has 0 aliphatic carbocycles. The van der Waals surface area contributed by atoms with E-state index < -0.39 is 0 Å². The molecule has 1 aromatic rings. The van der Waals surface area contributed by atoms with Crippen LogP contribution >= 0.6 is 11.6 Å². The monoisotopic (exact) mass is 255 g/mol. The molecular formula is C13H18ClNO2. The van der Waals surface area contributed by atoms with Gasteiger partial charge in [-0.3, -0.25) is 4.79 Å². The first-order valence-electron chi connectivity index (χ1n) is 5.65. The minimum absolute atomic E-state index is 0.0524. The van der Waals surface area contributed by atoms with Crippen LogP contribution in [0, 0.1) is 5.92 Å². The molecule has 1 aromatic carbocycles. The van der Waals surface area contributed by atoms with Gasteiger partial charge in [0, 0.05) is 11.4 Å². The number of hydrogen-bond donors (Lipinski definition) is 2. The fraction of sp³-hybridized carbons (Fsp3) is 0.462. The van der Waals surface area contributed by atoms with Gasteiger partial charge >= 0.3 is 0 Å². The van der Waals surface area contributed by atoms with Gasteiger partial charge in [-0.05, 0) is 23.6 Å². The zero-order chi connectivity index (χ0) is 12.8. The first kappa shape index (κ1) is 14.0. The van der Waals surface area contributed by atoms with Crippen LogP contribution in [0.25, 0.3) is 0 Å². The van der Waals surface area contributed by atoms with Crippen molar-refractivity contribution >= 4 is 17.5 Å². The summed E-state index contributed by atoms with van der Waals surface area (Å²) in [7, 11) is 0. The second kappa shape index (κ2) is 6.62. The Bertz CT molecular complexity index is 362. The number of halogens is 1. The van der Waals surface area contributed by atoms with Crippen molar-refractivity contribution in [3.63, 3.8) is 0 Å². The van der Waals surface area contributed by atoms with Crippen LogP contribution in [0.2, 0.25) is 0 Å². The van der Waals surface area contributed by atoms with Gasteiger partial charge in [0.2, 0.25) is 0 Å². The maximum Gasteiger partial charge on any atom is 0.251 e. The number of benzene rings is 1. The summed E-state index contributed by atoms with van der Waals surface area (Å²) in [5.41, 5.74) is 1.56. The highest BCUT2D eigenvalue weighted by atomic mass is 35.5. The number of alkyl halides is 1. The summed E-state index contributed by atoms with van der Waals surface area (Å²) in [5.74, 6) is 0.470. The number of carbonyl (C=O) groups is 1. The van der Waals surface area contributed by atoms with Crippen molar-refractivity contribution in [1.29, 1.82) is 0 Å². The zero-order valence-corrected chi connectivity index (χ0v) is 10.9. The third kappa shape index (κ3) is 4.02. The number of aliphatic hydroxyl groups is 1. The van der Waals surface area contributed by atoms with Gasteiger partial charge in [0.1, 0.15) is 0 Å². The van der Waals surface area contributed by atoms with Crippen LogP contribution in [0.3, 0.4) is 0 Å². The van der Waals surface area contributed by atoms with Crippen molar-refractivity contribution < 1.29 is 9.90 Å². The Balaban J connectivity index is 2.68. The van der Waals surface area contributed by atoms with E-state index in [1.807, 2.05) is 26.0 Å². The summed E-state index contributed by atoms with van der Waals surface area (Å²) in [6, 6.07) is 6.91. The number of rotatable bonds is 5. The molecule has 0 bridgehead atoms. The minimum Gasteiger partial charge on any atom is -0.394 e. The fourth-order valence-corrected chi connectivity index (χ4v) is 1.60. The maximum absolute atomic E-state index is 11.9. The smallest absolute Gasteiger partial charge is 0.251 e. The molecule has 0 saturated carbocycles. The lowest BCUT2D eigenvalue weighted by Crippen LogP contribution is -2.41. The topological polar surface area (TPSA) is 49.3 Å². The third-order valence-electron chi connectivity index (χ3n) is 2.69. The average Bonchev–Trinajstić information content (AvgIpc) is 2.35. The summed E-state index contributed by atoms with van der Waals surface area (Å²) >= 11 is 5.67. The Kier molecular flexibility index (Phi) is 5.45. The lowest BCUT2D eigenvalue weighted by atomic mass is 10.0. The van der Waals surface area contributed by atoms with Crippen LogP contribution in [0.1, 0.15) is 29.8 Å². The summed E-state index contributed by atoms with van der Waals surface area (Å²) in [6.07, 6.45) is 0. The molecule has 1 atom stereocenters. The molecule has 1 amide bonds. The van der Waals surface area contributed by atoms with E-state index in [-0.39, 0.29) is 24.5 Å². The van der Waals surface area contributed by atoms with E-state index in [1.54, 1.807) is 12.1 Å². The molecule has 3 nitrogen and oxygen atoms in total. The largest absolute Gasteiger partial charge is 0.394 e. The fourth-order valence-electron chi connectivity index (χ4n) is 1.42. The number of carbonyl (C=O) groups excluding carboxylic acids is 1. The van der Waals surface area contributed by atoms with Crippen molar-refractivity contribution in [3.8, 4) is 0 Å². The Morgan fingerprint density at radius 1 is 1.35 bits per heavy atom. The molecule has 17 heavy (non-hydrogen) atoms. The van der Waals surface area contributed by atoms with Crippen LogP contribution in [-0.4, -0.2) is 23.7 Å². The van der Waals surface area contributed by atoms with Crippen molar-refractivity contribution in [2.45, 2.75) is 25.8 Å². The number of hydrogen-bond acceptors (Lipinski definition) is 2. The predicted octanol–water partition coefficient (Wildman–Crippen LogP) is 2.17. The Labute approximate surface area is 107 Å². The minimum atomic E-state index is -0.213.